The Labute approximate surface area is 610 Å². The van der Waals surface area contributed by atoms with Gasteiger partial charge in [0.1, 0.15) is 30.6 Å². The monoisotopic (exact) mass is 1460 g/mol. The van der Waals surface area contributed by atoms with E-state index in [-0.39, 0.29) is 5.25 Å². The second-order valence-electron chi connectivity index (χ2n) is 29.4. The highest BCUT2D eigenvalue weighted by Crippen LogP contribution is 2.39. The van der Waals surface area contributed by atoms with Crippen LogP contribution in [0.4, 0.5) is 0 Å². The van der Waals surface area contributed by atoms with E-state index in [0.717, 1.165) is 76.4 Å². The molecule has 22 heteroatoms. The zero-order valence-corrected chi connectivity index (χ0v) is 69.0. The van der Waals surface area contributed by atoms with Crippen molar-refractivity contribution in [1.29, 1.82) is 5.26 Å². The molecule has 9 aromatic rings. The molecule has 100 heavy (non-hydrogen) atoms. The van der Waals surface area contributed by atoms with E-state index in [4.69, 9.17) is 10.00 Å². The summed E-state index contributed by atoms with van der Waals surface area (Å²) in [5, 5.41) is 25.5. The highest BCUT2D eigenvalue weighted by Gasteiger charge is 2.33. The van der Waals surface area contributed by atoms with Crippen molar-refractivity contribution >= 4 is 65.6 Å². The van der Waals surface area contributed by atoms with E-state index in [0.29, 0.717) is 64.2 Å². The minimum atomic E-state index is -2.17. The van der Waals surface area contributed by atoms with Crippen molar-refractivity contribution in [2.24, 2.45) is 5.92 Å². The first kappa shape index (κ1) is 85.8. The predicted molar refractivity (Wildman–Crippen MR) is 429 cm³/mol. The number of nitrogens with zero attached hydrogens (tertiary/aromatic N) is 10. The van der Waals surface area contributed by atoms with E-state index < -0.39 is 26.6 Å². The molecule has 0 amide bonds. The summed E-state index contributed by atoms with van der Waals surface area (Å²) >= 11 is 3.40. The van der Waals surface area contributed by atoms with Gasteiger partial charge in [0.05, 0.1) is 55.4 Å². The van der Waals surface area contributed by atoms with Crippen molar-refractivity contribution in [3.8, 4) is 11.1 Å². The van der Waals surface area contributed by atoms with Crippen LogP contribution in [0.5, 0.6) is 5.06 Å². The van der Waals surface area contributed by atoms with E-state index >= 15 is 0 Å². The first-order chi connectivity index (χ1) is 46.8. The quantitative estimate of drug-likeness (QED) is 0.0574. The first-order valence-corrected chi connectivity index (χ1v) is 43.2. The molecule has 2 unspecified atom stereocenters. The molecule has 552 valence electrons. The minimum absolute atomic E-state index is 0.252. The number of nitrogens with one attached hydrogen (secondary N) is 3. The molecule has 3 aliphatic carbocycles. The zero-order valence-electron chi connectivity index (χ0n) is 64.8. The van der Waals surface area contributed by atoms with Gasteiger partial charge in [0.2, 0.25) is 0 Å². The van der Waals surface area contributed by atoms with E-state index in [1.165, 1.54) is 50.5 Å². The van der Waals surface area contributed by atoms with Gasteiger partial charge in [-0.3, -0.25) is 18.7 Å². The summed E-state index contributed by atoms with van der Waals surface area (Å²) in [5.41, 5.74) is 10.4. The summed E-state index contributed by atoms with van der Waals surface area (Å²) in [7, 11) is -4.55. The molecule has 9 aromatic heterocycles. The van der Waals surface area contributed by atoms with Crippen molar-refractivity contribution in [2.75, 3.05) is 20.4 Å². The Bertz CT molecular complexity index is 4020. The maximum Gasteiger partial charge on any atom is 0.173 e. The molecular weight excluding hydrogens is 1340 g/mol. The molecule has 0 aromatic carbocycles. The van der Waals surface area contributed by atoms with Crippen LogP contribution in [0.1, 0.15) is 288 Å². The second-order valence-corrected chi connectivity index (χ2v) is 39.9. The summed E-state index contributed by atoms with van der Waals surface area (Å²) in [6.07, 6.45) is 25.8. The molecule has 3 N–H and O–H groups in total. The summed E-state index contributed by atoms with van der Waals surface area (Å²) < 4.78 is 47.7. The Morgan fingerprint density at radius 2 is 1.15 bits per heavy atom. The fourth-order valence-electron chi connectivity index (χ4n) is 9.49. The third-order valence-corrected chi connectivity index (χ3v) is 26.7. The van der Waals surface area contributed by atoms with Crippen LogP contribution in [-0.2, 0) is 30.5 Å². The van der Waals surface area contributed by atoms with Gasteiger partial charge in [-0.05, 0) is 196 Å². The number of aromatic amines is 3. The van der Waals surface area contributed by atoms with Crippen LogP contribution < -0.4 is 9.36 Å². The summed E-state index contributed by atoms with van der Waals surface area (Å²) in [5.74, 6) is 15.3. The number of thiophene rings is 2. The molecule has 0 saturated heterocycles. The van der Waals surface area contributed by atoms with Crippen LogP contribution >= 0.6 is 29.8 Å². The van der Waals surface area contributed by atoms with Gasteiger partial charge in [0.15, 0.2) is 5.06 Å². The highest BCUT2D eigenvalue weighted by atomic mass is 32.2. The smallest absolute Gasteiger partial charge is 0.173 e. The van der Waals surface area contributed by atoms with Crippen LogP contribution in [0.2, 0.25) is 0 Å². The summed E-state index contributed by atoms with van der Waals surface area (Å²) in [4.78, 5) is 20.9. The number of pyridine rings is 1. The number of imidazole rings is 2. The average Bonchev–Trinajstić information content (AvgIpc) is 1.64. The molecule has 0 aliphatic heterocycles. The predicted octanol–water partition coefficient (Wildman–Crippen LogP) is 19.9. The fraction of sp³-hybridized carbons (Fsp3) is 0.551. The average molecular weight is 1470 g/mol. The molecular formula is C78H122N13O4PS4. The lowest BCUT2D eigenvalue weighted by molar-refractivity contribution is 0.427. The number of methoxy groups -OCH3 is 1. The van der Waals surface area contributed by atoms with Crippen LogP contribution in [0.25, 0.3) is 0 Å². The standard InChI is InChI=1S/C11H17NOS.C10H16N2OS.C10H16N2.C9H15OPS.C8H14N2.C8H11N.C8H12OS.C7H9N3.C7H12N2/c1-9(2)10-6-7-12(8-10)14(3,13)11-4-5-11;1-8(2)9-6-11-12(7-9)14(3,13)10-4-5-10;1-8(2)10-5-11-12(7-10)6-9-3-4-9;1-7(2)8-5-6-9(12-8)11(3,4)10;1-5(2)8-6(3)9-10-7(8)4;1-7(2)8-4-3-5-9-6-8;1-6(2)7-4-5-8(9-3)10-7;1-5(2)7-9-4-6(3-8)10-7;1-5(2)7-8-4-6(3)9-7/h6-9,11H,3-5H2,1-2H3;6-8,10H,3-5H2,1-2H3;5,7-9H,3-4,6H2,1-2H3;5-7H,1-4H3;5H,1-4H3,(H,9,10);3-7H,1-2H3;4-6H,1-3H3;4-5H,1-2H3,(H,9,10);4-5H,1-3H3,(H,8,9). The highest BCUT2D eigenvalue weighted by molar-refractivity contribution is 8.00. The number of hydrogen-bond donors (Lipinski definition) is 3. The molecule has 3 fully saturated rings. The van der Waals surface area contributed by atoms with E-state index in [9.17, 15) is 13.0 Å². The normalized spacial score (nSPS) is 14.4. The minimum Gasteiger partial charge on any atom is -0.487 e. The number of aryl methyl sites for hydroxylation is 3. The van der Waals surface area contributed by atoms with Crippen molar-refractivity contribution in [3.05, 3.63) is 176 Å². The maximum absolute atomic E-state index is 12.2. The Morgan fingerprint density at radius 3 is 1.49 bits per heavy atom. The van der Waals surface area contributed by atoms with Crippen molar-refractivity contribution in [3.63, 3.8) is 0 Å². The molecule has 0 radical (unpaired) electrons. The van der Waals surface area contributed by atoms with Crippen LogP contribution in [0.3, 0.4) is 0 Å². The molecule has 0 spiro atoms. The second kappa shape index (κ2) is 40.3. The lowest BCUT2D eigenvalue weighted by atomic mass is 10.0. The van der Waals surface area contributed by atoms with Gasteiger partial charge in [-0.15, -0.1) is 22.7 Å². The molecule has 9 heterocycles. The van der Waals surface area contributed by atoms with Crippen molar-refractivity contribution < 1.29 is 17.7 Å². The molecule has 17 nitrogen and oxygen atoms in total. The van der Waals surface area contributed by atoms with Crippen molar-refractivity contribution in [1.82, 2.24) is 58.1 Å². The van der Waals surface area contributed by atoms with Gasteiger partial charge in [0.25, 0.3) is 0 Å². The largest absolute Gasteiger partial charge is 0.487 e. The summed E-state index contributed by atoms with van der Waals surface area (Å²) in [6.45, 7) is 49.5. The van der Waals surface area contributed by atoms with Crippen LogP contribution in [0.15, 0.2) is 104 Å². The van der Waals surface area contributed by atoms with Gasteiger partial charge in [-0.2, -0.15) is 24.6 Å². The SMILES string of the molecule is C=S(=O)(C1CC1)n1cc(C(C)C)cn1.C=S(=O)(C1CC1)n1ccc(C(C)C)c1.CC(C)c1ccc(P(C)(C)=O)s1.CC(C)c1cccnc1.CC(C)c1cnn(CC2CC2)c1.CC(C)c1ncc(C#N)[nH]1.COc1ccc(C(C)C)s1.Cc1cnc(C(C)C)[nH]1.Cc1n[nH]c(C)c1C(C)C. The summed E-state index contributed by atoms with van der Waals surface area (Å²) in [6, 6.07) is 16.3. The number of ether oxygens (including phenoxy) is 1. The Balaban J connectivity index is 0.000000240. The number of hydrogen-bond acceptors (Lipinski definition) is 13. The Hall–Kier alpha value is -6.56. The van der Waals surface area contributed by atoms with Gasteiger partial charge in [0, 0.05) is 93.4 Å². The number of nitriles is 1. The molecule has 3 aliphatic rings. The topological polar surface area (TPSA) is 224 Å². The maximum atomic E-state index is 12.2. The van der Waals surface area contributed by atoms with Crippen molar-refractivity contribution in [2.45, 2.75) is 254 Å². The van der Waals surface area contributed by atoms with E-state index in [2.05, 4.69) is 204 Å². The van der Waals surface area contributed by atoms with Gasteiger partial charge < -0.3 is 19.3 Å². The van der Waals surface area contributed by atoms with E-state index in [1.54, 1.807) is 52.5 Å². The van der Waals surface area contributed by atoms with Gasteiger partial charge in [-0.1, -0.05) is 131 Å². The molecule has 3 saturated carbocycles. The van der Waals surface area contributed by atoms with Gasteiger partial charge in [-0.25, -0.2) is 18.4 Å². The first-order valence-electron chi connectivity index (χ1n) is 35.4. The van der Waals surface area contributed by atoms with Gasteiger partial charge >= 0.3 is 0 Å². The Kier molecular flexibility index (Phi) is 34.6. The number of aromatic nitrogens is 12. The third-order valence-electron chi connectivity index (χ3n) is 16.6. The number of rotatable bonds is 17. The lowest BCUT2D eigenvalue weighted by Crippen LogP contribution is -2.17. The third kappa shape index (κ3) is 29.1. The molecule has 0 bridgehead atoms. The van der Waals surface area contributed by atoms with Crippen LogP contribution in [-0.4, -0.2) is 109 Å². The fourth-order valence-corrected chi connectivity index (χ4v) is 16.2. The zero-order chi connectivity index (χ0) is 75.0. The number of H-pyrrole nitrogens is 3. The lowest BCUT2D eigenvalue weighted by Gasteiger charge is -2.09. The molecule has 2 atom stereocenters. The Morgan fingerprint density at radius 1 is 0.610 bits per heavy atom. The van der Waals surface area contributed by atoms with E-state index in [1.807, 2.05) is 113 Å². The molecule has 12 rings (SSSR count). The van der Waals surface area contributed by atoms with Crippen LogP contribution in [0, 0.1) is 38.0 Å².